The van der Waals surface area contributed by atoms with Crippen LogP contribution in [0.4, 0.5) is 0 Å². The SMILES string of the molecule is CCO/N=C(\C)C(C)(C)COCc1cccc(Oc2ccccc2)c1. The van der Waals surface area contributed by atoms with Crippen LogP contribution in [0.25, 0.3) is 0 Å². The number of rotatable bonds is 9. The molecule has 4 nitrogen and oxygen atoms in total. The van der Waals surface area contributed by atoms with Crippen LogP contribution in [0.3, 0.4) is 0 Å². The molecule has 0 saturated heterocycles. The van der Waals surface area contributed by atoms with Crippen molar-refractivity contribution in [3.63, 3.8) is 0 Å². The molecule has 0 N–H and O–H groups in total. The lowest BCUT2D eigenvalue weighted by atomic mass is 9.89. The van der Waals surface area contributed by atoms with Crippen molar-refractivity contribution in [2.75, 3.05) is 13.2 Å². The highest BCUT2D eigenvalue weighted by atomic mass is 16.6. The predicted molar refractivity (Wildman–Crippen MR) is 101 cm³/mol. The van der Waals surface area contributed by atoms with Gasteiger partial charge in [0.2, 0.25) is 0 Å². The third kappa shape index (κ3) is 6.24. The van der Waals surface area contributed by atoms with Crippen LogP contribution in [0.1, 0.15) is 33.3 Å². The molecule has 0 spiro atoms. The van der Waals surface area contributed by atoms with Crippen molar-refractivity contribution in [2.45, 2.75) is 34.3 Å². The second-order valence-electron chi connectivity index (χ2n) is 6.53. The van der Waals surface area contributed by atoms with Crippen molar-refractivity contribution in [2.24, 2.45) is 10.6 Å². The van der Waals surface area contributed by atoms with Crippen LogP contribution >= 0.6 is 0 Å². The molecule has 0 fully saturated rings. The Bertz CT molecular complexity index is 681. The fraction of sp³-hybridized carbons (Fsp3) is 0.381. The largest absolute Gasteiger partial charge is 0.457 e. The summed E-state index contributed by atoms with van der Waals surface area (Å²) in [5, 5.41) is 4.12. The van der Waals surface area contributed by atoms with Crippen LogP contribution < -0.4 is 4.74 Å². The minimum atomic E-state index is -0.173. The predicted octanol–water partition coefficient (Wildman–Crippen LogP) is 5.43. The van der Waals surface area contributed by atoms with E-state index in [4.69, 9.17) is 14.3 Å². The van der Waals surface area contributed by atoms with Gasteiger partial charge in [0.15, 0.2) is 0 Å². The molecule has 0 atom stereocenters. The molecule has 0 bridgehead atoms. The highest BCUT2D eigenvalue weighted by Crippen LogP contribution is 2.23. The van der Waals surface area contributed by atoms with Crippen LogP contribution in [0.5, 0.6) is 11.5 Å². The van der Waals surface area contributed by atoms with Gasteiger partial charge in [0.05, 0.1) is 18.9 Å². The molecule has 0 aromatic heterocycles. The second-order valence-corrected chi connectivity index (χ2v) is 6.53. The van der Waals surface area contributed by atoms with Gasteiger partial charge in [-0.1, -0.05) is 49.3 Å². The van der Waals surface area contributed by atoms with Gasteiger partial charge < -0.3 is 14.3 Å². The lowest BCUT2D eigenvalue weighted by Crippen LogP contribution is -2.28. The van der Waals surface area contributed by atoms with Crippen LogP contribution in [0, 0.1) is 5.41 Å². The van der Waals surface area contributed by atoms with Crippen molar-refractivity contribution in [1.82, 2.24) is 0 Å². The van der Waals surface area contributed by atoms with E-state index in [9.17, 15) is 0 Å². The number of benzene rings is 2. The lowest BCUT2D eigenvalue weighted by Gasteiger charge is -2.23. The molecule has 2 rings (SSSR count). The number of oxime groups is 1. The summed E-state index contributed by atoms with van der Waals surface area (Å²) in [7, 11) is 0. The minimum absolute atomic E-state index is 0.173. The maximum Gasteiger partial charge on any atom is 0.127 e. The quantitative estimate of drug-likeness (QED) is 0.451. The van der Waals surface area contributed by atoms with Gasteiger partial charge in [-0.3, -0.25) is 0 Å². The van der Waals surface area contributed by atoms with Gasteiger partial charge in [-0.15, -0.1) is 0 Å². The van der Waals surface area contributed by atoms with Crippen molar-refractivity contribution in [3.05, 3.63) is 60.2 Å². The standard InChI is InChI=1S/C21H27NO3/c1-5-24-22-17(2)21(3,4)16-23-15-18-10-9-13-20(14-18)25-19-11-7-6-8-12-19/h6-14H,5,15-16H2,1-4H3/b22-17+. The van der Waals surface area contributed by atoms with E-state index in [2.05, 4.69) is 19.0 Å². The van der Waals surface area contributed by atoms with Crippen molar-refractivity contribution < 1.29 is 14.3 Å². The zero-order valence-corrected chi connectivity index (χ0v) is 15.5. The highest BCUT2D eigenvalue weighted by Gasteiger charge is 2.23. The fourth-order valence-electron chi connectivity index (χ4n) is 2.14. The molecule has 0 radical (unpaired) electrons. The van der Waals surface area contributed by atoms with Crippen LogP contribution in [0.15, 0.2) is 59.8 Å². The van der Waals surface area contributed by atoms with Crippen LogP contribution in [-0.4, -0.2) is 18.9 Å². The van der Waals surface area contributed by atoms with Gasteiger partial charge in [0.1, 0.15) is 18.1 Å². The lowest BCUT2D eigenvalue weighted by molar-refractivity contribution is 0.0750. The normalized spacial score (nSPS) is 12.1. The van der Waals surface area contributed by atoms with Gasteiger partial charge in [-0.25, -0.2) is 0 Å². The molecule has 0 aliphatic carbocycles. The highest BCUT2D eigenvalue weighted by molar-refractivity contribution is 5.86. The van der Waals surface area contributed by atoms with E-state index < -0.39 is 0 Å². The van der Waals surface area contributed by atoms with Gasteiger partial charge in [-0.05, 0) is 43.7 Å². The molecule has 25 heavy (non-hydrogen) atoms. The minimum Gasteiger partial charge on any atom is -0.457 e. The number of para-hydroxylation sites is 1. The van der Waals surface area contributed by atoms with Gasteiger partial charge in [-0.2, -0.15) is 0 Å². The molecule has 2 aromatic rings. The van der Waals surface area contributed by atoms with Crippen molar-refractivity contribution in [1.29, 1.82) is 0 Å². The Morgan fingerprint density at radius 2 is 1.72 bits per heavy atom. The Kier molecular flexibility index (Phi) is 7.02. The molecule has 0 amide bonds. The summed E-state index contributed by atoms with van der Waals surface area (Å²) in [4.78, 5) is 5.13. The number of hydrogen-bond donors (Lipinski definition) is 0. The van der Waals surface area contributed by atoms with Gasteiger partial charge in [0, 0.05) is 5.41 Å². The molecule has 4 heteroatoms. The third-order valence-corrected chi connectivity index (χ3v) is 3.92. The number of hydrogen-bond acceptors (Lipinski definition) is 4. The van der Waals surface area contributed by atoms with Crippen molar-refractivity contribution in [3.8, 4) is 11.5 Å². The first-order valence-corrected chi connectivity index (χ1v) is 8.58. The summed E-state index contributed by atoms with van der Waals surface area (Å²) in [5.41, 5.74) is 1.83. The van der Waals surface area contributed by atoms with Gasteiger partial charge >= 0.3 is 0 Å². The topological polar surface area (TPSA) is 40.0 Å². The molecule has 0 unspecified atom stereocenters. The summed E-state index contributed by atoms with van der Waals surface area (Å²) in [5.74, 6) is 1.63. The maximum atomic E-state index is 5.90. The molecule has 0 heterocycles. The first-order valence-electron chi connectivity index (χ1n) is 8.58. The summed E-state index contributed by atoms with van der Waals surface area (Å²) in [6.07, 6.45) is 0. The molecule has 0 aliphatic rings. The number of nitrogens with zero attached hydrogens (tertiary/aromatic N) is 1. The molecular weight excluding hydrogens is 314 g/mol. The first-order chi connectivity index (χ1) is 12.0. The Labute approximate surface area is 150 Å². The molecule has 0 saturated carbocycles. The average molecular weight is 341 g/mol. The summed E-state index contributed by atoms with van der Waals surface area (Å²) in [6.45, 7) is 9.75. The summed E-state index contributed by atoms with van der Waals surface area (Å²) < 4.78 is 11.8. The van der Waals surface area contributed by atoms with E-state index >= 15 is 0 Å². The Morgan fingerprint density at radius 3 is 2.44 bits per heavy atom. The molecule has 0 aliphatic heterocycles. The fourth-order valence-corrected chi connectivity index (χ4v) is 2.14. The first kappa shape index (κ1) is 19.0. The van der Waals surface area contributed by atoms with E-state index in [0.717, 1.165) is 22.8 Å². The third-order valence-electron chi connectivity index (χ3n) is 3.92. The van der Waals surface area contributed by atoms with E-state index in [1.54, 1.807) is 0 Å². The van der Waals surface area contributed by atoms with Gasteiger partial charge in [0.25, 0.3) is 0 Å². The summed E-state index contributed by atoms with van der Waals surface area (Å²) >= 11 is 0. The number of ether oxygens (including phenoxy) is 2. The molecule has 2 aromatic carbocycles. The Balaban J connectivity index is 1.90. The van der Waals surface area contributed by atoms with E-state index in [1.807, 2.05) is 68.4 Å². The smallest absolute Gasteiger partial charge is 0.127 e. The Morgan fingerprint density at radius 1 is 1.00 bits per heavy atom. The summed E-state index contributed by atoms with van der Waals surface area (Å²) in [6, 6.07) is 17.7. The van der Waals surface area contributed by atoms with Crippen molar-refractivity contribution >= 4 is 5.71 Å². The zero-order chi connectivity index (χ0) is 18.1. The Hall–Kier alpha value is -2.33. The molecular formula is C21H27NO3. The maximum absolute atomic E-state index is 5.90. The van der Waals surface area contributed by atoms with E-state index in [0.29, 0.717) is 19.8 Å². The van der Waals surface area contributed by atoms with Crippen LogP contribution in [0.2, 0.25) is 0 Å². The molecule has 134 valence electrons. The van der Waals surface area contributed by atoms with E-state index in [-0.39, 0.29) is 5.41 Å². The average Bonchev–Trinajstić information content (AvgIpc) is 2.60. The zero-order valence-electron chi connectivity index (χ0n) is 15.5. The second kappa shape index (κ2) is 9.23. The van der Waals surface area contributed by atoms with Crippen LogP contribution in [-0.2, 0) is 16.2 Å². The van der Waals surface area contributed by atoms with E-state index in [1.165, 1.54) is 0 Å². The monoisotopic (exact) mass is 341 g/mol.